The van der Waals surface area contributed by atoms with Gasteiger partial charge in [-0.1, -0.05) is 18.2 Å². The van der Waals surface area contributed by atoms with E-state index in [1.807, 2.05) is 0 Å². The first-order chi connectivity index (χ1) is 8.66. The summed E-state index contributed by atoms with van der Waals surface area (Å²) in [5.74, 6) is -0.229. The van der Waals surface area contributed by atoms with Crippen molar-refractivity contribution in [3.05, 3.63) is 64.1 Å². The Morgan fingerprint density at radius 3 is 2.78 bits per heavy atom. The number of hydrogen-bond acceptors (Lipinski definition) is 3. The van der Waals surface area contributed by atoms with Crippen molar-refractivity contribution >= 4 is 5.91 Å². The number of H-pyrrole nitrogens is 1. The summed E-state index contributed by atoms with van der Waals surface area (Å²) in [6.07, 6.45) is 1.41. The van der Waals surface area contributed by atoms with E-state index in [9.17, 15) is 14.7 Å². The Kier molecular flexibility index (Phi) is 3.43. The van der Waals surface area contributed by atoms with Crippen molar-refractivity contribution in [2.24, 2.45) is 0 Å². The quantitative estimate of drug-likeness (QED) is 0.753. The number of carbonyl (C=O) groups excluding carboxylic acids is 1. The third-order valence-electron chi connectivity index (χ3n) is 2.47. The van der Waals surface area contributed by atoms with Gasteiger partial charge in [-0.05, 0) is 12.1 Å². The van der Waals surface area contributed by atoms with E-state index >= 15 is 0 Å². The fraction of sp³-hybridized carbons (Fsp3) is 0.0769. The van der Waals surface area contributed by atoms with Gasteiger partial charge in [0.1, 0.15) is 5.75 Å². The first-order valence-corrected chi connectivity index (χ1v) is 5.40. The number of rotatable bonds is 3. The highest BCUT2D eigenvalue weighted by Crippen LogP contribution is 2.14. The van der Waals surface area contributed by atoms with Crippen LogP contribution < -0.4 is 10.9 Å². The molecular weight excluding hydrogens is 232 g/mol. The molecule has 2 aromatic rings. The highest BCUT2D eigenvalue weighted by molar-refractivity contribution is 5.93. The number of carbonyl (C=O) groups is 1. The Morgan fingerprint density at radius 2 is 2.06 bits per heavy atom. The Hall–Kier alpha value is -2.56. The molecule has 3 N–H and O–H groups in total. The lowest BCUT2D eigenvalue weighted by molar-refractivity contribution is 0.0950. The van der Waals surface area contributed by atoms with Gasteiger partial charge in [-0.15, -0.1) is 0 Å². The molecule has 1 amide bonds. The number of benzene rings is 1. The van der Waals surface area contributed by atoms with Crippen molar-refractivity contribution in [1.29, 1.82) is 0 Å². The van der Waals surface area contributed by atoms with Crippen LogP contribution in [0.2, 0.25) is 0 Å². The van der Waals surface area contributed by atoms with Crippen LogP contribution in [0.5, 0.6) is 5.75 Å². The van der Waals surface area contributed by atoms with Gasteiger partial charge in [-0.25, -0.2) is 0 Å². The van der Waals surface area contributed by atoms with Crippen LogP contribution in [0.4, 0.5) is 0 Å². The Bertz CT molecular complexity index is 619. The number of phenolic OH excluding ortho intramolecular Hbond substituents is 1. The smallest absolute Gasteiger partial charge is 0.251 e. The fourth-order valence-electron chi connectivity index (χ4n) is 1.52. The summed E-state index contributed by atoms with van der Waals surface area (Å²) < 4.78 is 0. The predicted molar refractivity (Wildman–Crippen MR) is 66.3 cm³/mol. The van der Waals surface area contributed by atoms with E-state index in [4.69, 9.17) is 0 Å². The molecule has 0 radical (unpaired) electrons. The normalized spacial score (nSPS) is 10.0. The van der Waals surface area contributed by atoms with Crippen LogP contribution in [-0.4, -0.2) is 16.0 Å². The number of aromatic nitrogens is 1. The number of aromatic amines is 1. The van der Waals surface area contributed by atoms with E-state index in [2.05, 4.69) is 10.3 Å². The van der Waals surface area contributed by atoms with Crippen LogP contribution in [0.15, 0.2) is 47.4 Å². The minimum atomic E-state index is -0.357. The van der Waals surface area contributed by atoms with Gasteiger partial charge in [0, 0.05) is 29.9 Å². The summed E-state index contributed by atoms with van der Waals surface area (Å²) in [6, 6.07) is 9.48. The molecule has 0 saturated heterocycles. The molecule has 0 bridgehead atoms. The molecule has 18 heavy (non-hydrogen) atoms. The predicted octanol–water partition coefficient (Wildman–Crippen LogP) is 1.01. The van der Waals surface area contributed by atoms with Gasteiger partial charge < -0.3 is 15.4 Å². The molecule has 5 heteroatoms. The van der Waals surface area contributed by atoms with Crippen molar-refractivity contribution in [2.45, 2.75) is 6.54 Å². The Balaban J connectivity index is 2.05. The van der Waals surface area contributed by atoms with Gasteiger partial charge >= 0.3 is 0 Å². The van der Waals surface area contributed by atoms with Gasteiger partial charge in [0.05, 0.1) is 0 Å². The third-order valence-corrected chi connectivity index (χ3v) is 2.47. The van der Waals surface area contributed by atoms with Crippen LogP contribution in [-0.2, 0) is 6.54 Å². The van der Waals surface area contributed by atoms with Gasteiger partial charge in [-0.2, -0.15) is 0 Å². The minimum Gasteiger partial charge on any atom is -0.508 e. The second kappa shape index (κ2) is 5.18. The molecule has 0 aliphatic heterocycles. The largest absolute Gasteiger partial charge is 0.508 e. The van der Waals surface area contributed by atoms with E-state index in [1.165, 1.54) is 18.3 Å². The molecule has 92 valence electrons. The van der Waals surface area contributed by atoms with E-state index in [-0.39, 0.29) is 29.3 Å². The van der Waals surface area contributed by atoms with Crippen molar-refractivity contribution in [3.8, 4) is 5.75 Å². The van der Waals surface area contributed by atoms with Crippen molar-refractivity contribution in [3.63, 3.8) is 0 Å². The summed E-state index contributed by atoms with van der Waals surface area (Å²) in [5, 5.41) is 12.2. The SMILES string of the molecule is O=C(NCc1ccccc1O)c1cc[nH]c(=O)c1. The van der Waals surface area contributed by atoms with E-state index in [1.54, 1.807) is 24.3 Å². The maximum atomic E-state index is 11.7. The number of phenols is 1. The van der Waals surface area contributed by atoms with Gasteiger partial charge in [-0.3, -0.25) is 9.59 Å². The molecular formula is C13H12N2O3. The minimum absolute atomic E-state index is 0.128. The first-order valence-electron chi connectivity index (χ1n) is 5.40. The summed E-state index contributed by atoms with van der Waals surface area (Å²) in [4.78, 5) is 25.2. The first kappa shape index (κ1) is 11.9. The molecule has 0 aliphatic carbocycles. The van der Waals surface area contributed by atoms with E-state index in [0.717, 1.165) is 0 Å². The maximum absolute atomic E-state index is 11.7. The zero-order valence-corrected chi connectivity index (χ0v) is 9.51. The molecule has 1 heterocycles. The third kappa shape index (κ3) is 2.76. The standard InChI is InChI=1S/C13H12N2O3/c16-11-4-2-1-3-10(11)8-15-13(18)9-5-6-14-12(17)7-9/h1-7,16H,8H2,(H,14,17)(H,15,18). The van der Waals surface area contributed by atoms with E-state index < -0.39 is 0 Å². The topological polar surface area (TPSA) is 82.2 Å². The lowest BCUT2D eigenvalue weighted by atomic mass is 10.2. The molecule has 0 atom stereocenters. The molecule has 0 aliphatic rings. The molecule has 2 rings (SSSR count). The fourth-order valence-corrected chi connectivity index (χ4v) is 1.52. The zero-order valence-electron chi connectivity index (χ0n) is 9.51. The number of nitrogens with one attached hydrogen (secondary N) is 2. The van der Waals surface area contributed by atoms with Crippen LogP contribution in [0.25, 0.3) is 0 Å². The molecule has 0 unspecified atom stereocenters. The lowest BCUT2D eigenvalue weighted by Gasteiger charge is -2.06. The second-order valence-electron chi connectivity index (χ2n) is 3.75. The molecule has 5 nitrogen and oxygen atoms in total. The monoisotopic (exact) mass is 244 g/mol. The summed E-state index contributed by atoms with van der Waals surface area (Å²) in [7, 11) is 0. The van der Waals surface area contributed by atoms with Crippen molar-refractivity contribution in [1.82, 2.24) is 10.3 Å². The Morgan fingerprint density at radius 1 is 1.28 bits per heavy atom. The summed E-state index contributed by atoms with van der Waals surface area (Å²) in [6.45, 7) is 0.207. The van der Waals surface area contributed by atoms with Crippen LogP contribution >= 0.6 is 0 Å². The van der Waals surface area contributed by atoms with Crippen LogP contribution in [0.1, 0.15) is 15.9 Å². The van der Waals surface area contributed by atoms with Gasteiger partial charge in [0.15, 0.2) is 0 Å². The molecule has 1 aromatic heterocycles. The number of aromatic hydroxyl groups is 1. The highest BCUT2D eigenvalue weighted by Gasteiger charge is 2.06. The second-order valence-corrected chi connectivity index (χ2v) is 3.75. The lowest BCUT2D eigenvalue weighted by Crippen LogP contribution is -2.24. The zero-order chi connectivity index (χ0) is 13.0. The summed E-state index contributed by atoms with van der Waals surface area (Å²) >= 11 is 0. The average Bonchev–Trinajstić information content (AvgIpc) is 2.37. The van der Waals surface area contributed by atoms with Crippen molar-refractivity contribution in [2.75, 3.05) is 0 Å². The number of amides is 1. The van der Waals surface area contributed by atoms with Crippen LogP contribution in [0, 0.1) is 0 Å². The van der Waals surface area contributed by atoms with Crippen molar-refractivity contribution < 1.29 is 9.90 Å². The van der Waals surface area contributed by atoms with Gasteiger partial charge in [0.25, 0.3) is 5.91 Å². The highest BCUT2D eigenvalue weighted by atomic mass is 16.3. The number of pyridine rings is 1. The summed E-state index contributed by atoms with van der Waals surface area (Å²) in [5.41, 5.74) is 0.579. The number of para-hydroxylation sites is 1. The number of hydrogen-bond donors (Lipinski definition) is 3. The molecule has 0 spiro atoms. The Labute approximate surface area is 103 Å². The van der Waals surface area contributed by atoms with E-state index in [0.29, 0.717) is 5.56 Å². The molecule has 0 fully saturated rings. The van der Waals surface area contributed by atoms with Gasteiger partial charge in [0.2, 0.25) is 5.56 Å². The molecule has 0 saturated carbocycles. The maximum Gasteiger partial charge on any atom is 0.251 e. The average molecular weight is 244 g/mol. The van der Waals surface area contributed by atoms with Crippen LogP contribution in [0.3, 0.4) is 0 Å². The molecule has 1 aromatic carbocycles.